The smallest absolute Gasteiger partial charge is 0.0438 e. The van der Waals surface area contributed by atoms with Crippen molar-refractivity contribution < 1.29 is 0 Å². The summed E-state index contributed by atoms with van der Waals surface area (Å²) < 4.78 is 0. The van der Waals surface area contributed by atoms with Crippen molar-refractivity contribution in [1.29, 1.82) is 0 Å². The van der Waals surface area contributed by atoms with E-state index in [1.807, 2.05) is 12.1 Å². The van der Waals surface area contributed by atoms with E-state index in [0.29, 0.717) is 12.1 Å². The Balaban J connectivity index is 1.86. The molecule has 0 saturated heterocycles. The van der Waals surface area contributed by atoms with Gasteiger partial charge in [0.05, 0.1) is 0 Å². The summed E-state index contributed by atoms with van der Waals surface area (Å²) in [6.45, 7) is 4.53. The molecule has 0 aliphatic heterocycles. The minimum atomic E-state index is 0.496. The quantitative estimate of drug-likeness (QED) is 0.824. The van der Waals surface area contributed by atoms with Crippen molar-refractivity contribution in [2.24, 2.45) is 5.92 Å². The number of hydrogen-bond acceptors (Lipinski definition) is 1. The van der Waals surface area contributed by atoms with Crippen molar-refractivity contribution in [3.8, 4) is 0 Å². The molecule has 1 N–H and O–H groups in total. The van der Waals surface area contributed by atoms with Crippen LogP contribution < -0.4 is 5.32 Å². The third-order valence-electron chi connectivity index (χ3n) is 3.36. The second kappa shape index (κ2) is 5.20. The van der Waals surface area contributed by atoms with Gasteiger partial charge in [0.2, 0.25) is 0 Å². The maximum atomic E-state index is 6.15. The van der Waals surface area contributed by atoms with Crippen LogP contribution >= 0.6 is 11.6 Å². The van der Waals surface area contributed by atoms with Gasteiger partial charge in [0.15, 0.2) is 0 Å². The second-order valence-corrected chi connectivity index (χ2v) is 5.40. The summed E-state index contributed by atoms with van der Waals surface area (Å²) in [5.41, 5.74) is 1.24. The second-order valence-electron chi connectivity index (χ2n) is 4.99. The van der Waals surface area contributed by atoms with Crippen LogP contribution in [0.4, 0.5) is 0 Å². The number of benzene rings is 1. The van der Waals surface area contributed by atoms with E-state index >= 15 is 0 Å². The largest absolute Gasteiger partial charge is 0.311 e. The van der Waals surface area contributed by atoms with E-state index in [9.17, 15) is 0 Å². The first-order valence-corrected chi connectivity index (χ1v) is 6.54. The van der Waals surface area contributed by atoms with E-state index in [2.05, 4.69) is 31.3 Å². The molecule has 1 aliphatic carbocycles. The Morgan fingerprint density at radius 3 is 2.62 bits per heavy atom. The third-order valence-corrected chi connectivity index (χ3v) is 3.73. The first kappa shape index (κ1) is 11.9. The zero-order chi connectivity index (χ0) is 11.5. The molecule has 1 aromatic carbocycles. The third kappa shape index (κ3) is 3.23. The van der Waals surface area contributed by atoms with Gasteiger partial charge in [-0.25, -0.2) is 0 Å². The van der Waals surface area contributed by atoms with Crippen molar-refractivity contribution in [2.45, 2.75) is 45.2 Å². The van der Waals surface area contributed by atoms with Crippen molar-refractivity contribution in [1.82, 2.24) is 5.32 Å². The van der Waals surface area contributed by atoms with E-state index < -0.39 is 0 Å². The Kier molecular flexibility index (Phi) is 3.88. The van der Waals surface area contributed by atoms with E-state index in [-0.39, 0.29) is 0 Å². The lowest BCUT2D eigenvalue weighted by molar-refractivity contribution is 0.430. The topological polar surface area (TPSA) is 12.0 Å². The Hall–Kier alpha value is -0.530. The van der Waals surface area contributed by atoms with Crippen LogP contribution in [0.3, 0.4) is 0 Å². The SMILES string of the molecule is CC(Cc1ccccc1Cl)NC(C)C1CC1. The first-order chi connectivity index (χ1) is 7.66. The summed E-state index contributed by atoms with van der Waals surface area (Å²) in [6.07, 6.45) is 3.80. The molecule has 1 saturated carbocycles. The van der Waals surface area contributed by atoms with Gasteiger partial charge >= 0.3 is 0 Å². The summed E-state index contributed by atoms with van der Waals surface area (Å²) in [4.78, 5) is 0. The molecule has 2 unspecified atom stereocenters. The highest BCUT2D eigenvalue weighted by Crippen LogP contribution is 2.32. The molecule has 1 aromatic rings. The number of hydrogen-bond donors (Lipinski definition) is 1. The average Bonchev–Trinajstić information content (AvgIpc) is 3.04. The lowest BCUT2D eigenvalue weighted by Gasteiger charge is -2.20. The summed E-state index contributed by atoms with van der Waals surface area (Å²) in [5, 5.41) is 4.54. The molecule has 2 rings (SSSR count). The van der Waals surface area contributed by atoms with Gasteiger partial charge in [0, 0.05) is 17.1 Å². The molecule has 0 spiro atoms. The Bertz CT molecular complexity index is 346. The van der Waals surface area contributed by atoms with Gasteiger partial charge in [0.25, 0.3) is 0 Å². The molecule has 0 heterocycles. The van der Waals surface area contributed by atoms with Gasteiger partial charge in [-0.1, -0.05) is 29.8 Å². The van der Waals surface area contributed by atoms with Gasteiger partial charge in [-0.05, 0) is 50.7 Å². The molecule has 0 amide bonds. The minimum Gasteiger partial charge on any atom is -0.311 e. The maximum Gasteiger partial charge on any atom is 0.0438 e. The Labute approximate surface area is 103 Å². The summed E-state index contributed by atoms with van der Waals surface area (Å²) >= 11 is 6.15. The molecule has 0 aromatic heterocycles. The molecular formula is C14H20ClN. The molecule has 16 heavy (non-hydrogen) atoms. The van der Waals surface area contributed by atoms with Crippen LogP contribution in [0, 0.1) is 5.92 Å². The van der Waals surface area contributed by atoms with Crippen LogP contribution in [-0.2, 0) is 6.42 Å². The molecule has 2 atom stereocenters. The highest BCUT2D eigenvalue weighted by molar-refractivity contribution is 6.31. The van der Waals surface area contributed by atoms with E-state index in [4.69, 9.17) is 11.6 Å². The zero-order valence-corrected chi connectivity index (χ0v) is 10.8. The van der Waals surface area contributed by atoms with Crippen LogP contribution in [0.25, 0.3) is 0 Å². The number of rotatable bonds is 5. The first-order valence-electron chi connectivity index (χ1n) is 6.16. The van der Waals surface area contributed by atoms with Crippen LogP contribution in [0.15, 0.2) is 24.3 Å². The molecule has 0 radical (unpaired) electrons. The molecule has 1 fully saturated rings. The van der Waals surface area contributed by atoms with Crippen molar-refractivity contribution >= 4 is 11.6 Å². The monoisotopic (exact) mass is 237 g/mol. The van der Waals surface area contributed by atoms with E-state index in [1.54, 1.807) is 0 Å². The molecule has 1 nitrogen and oxygen atoms in total. The molecule has 2 heteroatoms. The van der Waals surface area contributed by atoms with Crippen molar-refractivity contribution in [2.75, 3.05) is 0 Å². The van der Waals surface area contributed by atoms with Crippen LogP contribution in [0.1, 0.15) is 32.3 Å². The minimum absolute atomic E-state index is 0.496. The fraction of sp³-hybridized carbons (Fsp3) is 0.571. The maximum absolute atomic E-state index is 6.15. The van der Waals surface area contributed by atoms with E-state index in [1.165, 1.54) is 18.4 Å². The lowest BCUT2D eigenvalue weighted by atomic mass is 10.1. The Morgan fingerprint density at radius 1 is 1.31 bits per heavy atom. The molecular weight excluding hydrogens is 218 g/mol. The zero-order valence-electron chi connectivity index (χ0n) is 10.0. The normalized spacial score (nSPS) is 19.4. The molecule has 1 aliphatic rings. The van der Waals surface area contributed by atoms with Gasteiger partial charge in [-0.2, -0.15) is 0 Å². The van der Waals surface area contributed by atoms with Crippen molar-refractivity contribution in [3.63, 3.8) is 0 Å². The fourth-order valence-corrected chi connectivity index (χ4v) is 2.45. The van der Waals surface area contributed by atoms with E-state index in [0.717, 1.165) is 17.4 Å². The predicted octanol–water partition coefficient (Wildman–Crippen LogP) is 3.66. The number of halogens is 1. The van der Waals surface area contributed by atoms with Crippen LogP contribution in [0.2, 0.25) is 5.02 Å². The summed E-state index contributed by atoms with van der Waals surface area (Å²) in [5.74, 6) is 0.911. The fourth-order valence-electron chi connectivity index (χ4n) is 2.23. The van der Waals surface area contributed by atoms with Gasteiger partial charge < -0.3 is 5.32 Å². The molecule has 88 valence electrons. The Morgan fingerprint density at radius 2 is 2.00 bits per heavy atom. The lowest BCUT2D eigenvalue weighted by Crippen LogP contribution is -2.37. The standard InChI is InChI=1S/C14H20ClN/c1-10(16-11(2)12-7-8-12)9-13-5-3-4-6-14(13)15/h3-6,10-12,16H,7-9H2,1-2H3. The van der Waals surface area contributed by atoms with Crippen molar-refractivity contribution in [3.05, 3.63) is 34.9 Å². The van der Waals surface area contributed by atoms with Gasteiger partial charge in [-0.15, -0.1) is 0 Å². The number of nitrogens with one attached hydrogen (secondary N) is 1. The molecule has 0 bridgehead atoms. The highest BCUT2D eigenvalue weighted by Gasteiger charge is 2.28. The van der Waals surface area contributed by atoms with Gasteiger partial charge in [-0.3, -0.25) is 0 Å². The summed E-state index contributed by atoms with van der Waals surface area (Å²) in [6, 6.07) is 9.26. The average molecular weight is 238 g/mol. The summed E-state index contributed by atoms with van der Waals surface area (Å²) in [7, 11) is 0. The highest BCUT2D eigenvalue weighted by atomic mass is 35.5. The predicted molar refractivity (Wildman–Crippen MR) is 69.9 cm³/mol. The van der Waals surface area contributed by atoms with Crippen LogP contribution in [-0.4, -0.2) is 12.1 Å². The van der Waals surface area contributed by atoms with Crippen LogP contribution in [0.5, 0.6) is 0 Å². The van der Waals surface area contributed by atoms with Gasteiger partial charge in [0.1, 0.15) is 0 Å².